The molecule has 6 rings (SSSR count). The van der Waals surface area contributed by atoms with Gasteiger partial charge in [0.15, 0.2) is 0 Å². The van der Waals surface area contributed by atoms with Crippen LogP contribution < -0.4 is 26.1 Å². The minimum absolute atomic E-state index is 0.645. The van der Waals surface area contributed by atoms with Crippen LogP contribution in [0.3, 0.4) is 0 Å². The predicted octanol–water partition coefficient (Wildman–Crippen LogP) is 5.98. The summed E-state index contributed by atoms with van der Waals surface area (Å²) in [6.07, 6.45) is 3.56. The number of benzene rings is 3. The van der Waals surface area contributed by atoms with Crippen molar-refractivity contribution in [3.63, 3.8) is 0 Å². The standard InChI is InChI=1S/C30H31N3O2P2/c1-6-32(7-2)37(35)27-16-21(4)11-13-25(27)33-24-12-10-20(3)15-26(24)36(5,34)28-17-23(18-29(37)30(28)33)22-9-8-14-31-19-22/h8-19H,6-7H2,1-5H3. The fraction of sp³-hybridized carbons (Fsp3) is 0.233. The fourth-order valence-corrected chi connectivity index (χ4v) is 11.6. The van der Waals surface area contributed by atoms with Gasteiger partial charge in [-0.2, -0.15) is 0 Å². The molecule has 3 aromatic carbocycles. The Morgan fingerprint density at radius 3 is 2.03 bits per heavy atom. The first-order chi connectivity index (χ1) is 17.7. The summed E-state index contributed by atoms with van der Waals surface area (Å²) in [5.41, 5.74) is 6.60. The lowest BCUT2D eigenvalue weighted by Gasteiger charge is -2.46. The topological polar surface area (TPSA) is 53.5 Å². The Morgan fingerprint density at radius 2 is 1.41 bits per heavy atom. The van der Waals surface area contributed by atoms with E-state index in [2.05, 4.69) is 70.9 Å². The second-order valence-corrected chi connectivity index (χ2v) is 15.6. The third-order valence-electron chi connectivity index (χ3n) is 7.73. The van der Waals surface area contributed by atoms with E-state index in [0.29, 0.717) is 13.1 Å². The van der Waals surface area contributed by atoms with E-state index in [1.54, 1.807) is 6.20 Å². The van der Waals surface area contributed by atoms with Crippen LogP contribution in [0.4, 0.5) is 17.1 Å². The Hall–Kier alpha value is -2.97. The van der Waals surface area contributed by atoms with E-state index in [0.717, 1.165) is 60.5 Å². The van der Waals surface area contributed by atoms with Gasteiger partial charge in [-0.25, -0.2) is 4.67 Å². The van der Waals surface area contributed by atoms with E-state index in [-0.39, 0.29) is 0 Å². The summed E-state index contributed by atoms with van der Waals surface area (Å²) in [4.78, 5) is 6.54. The van der Waals surface area contributed by atoms with Crippen molar-refractivity contribution in [2.75, 3.05) is 24.7 Å². The third kappa shape index (κ3) is 3.38. The molecule has 1 aromatic heterocycles. The van der Waals surface area contributed by atoms with Crippen LogP contribution in [0.25, 0.3) is 11.1 Å². The van der Waals surface area contributed by atoms with Gasteiger partial charge in [0, 0.05) is 41.7 Å². The first-order valence-electron chi connectivity index (χ1n) is 12.8. The third-order valence-corrected chi connectivity index (χ3v) is 13.6. The molecule has 37 heavy (non-hydrogen) atoms. The largest absolute Gasteiger partial charge is 0.314 e. The highest BCUT2D eigenvalue weighted by molar-refractivity contribution is 7.80. The van der Waals surface area contributed by atoms with Crippen LogP contribution in [0.15, 0.2) is 73.1 Å². The summed E-state index contributed by atoms with van der Waals surface area (Å²) < 4.78 is 32.5. The molecule has 0 spiro atoms. The normalized spacial score (nSPS) is 21.4. The van der Waals surface area contributed by atoms with Crippen molar-refractivity contribution in [1.29, 1.82) is 0 Å². The number of hydrogen-bond acceptors (Lipinski definition) is 4. The lowest BCUT2D eigenvalue weighted by Crippen LogP contribution is -2.46. The van der Waals surface area contributed by atoms with Crippen LogP contribution >= 0.6 is 14.4 Å². The number of rotatable bonds is 4. The second kappa shape index (κ2) is 8.53. The zero-order chi connectivity index (χ0) is 26.1. The molecule has 0 radical (unpaired) electrons. The highest BCUT2D eigenvalue weighted by Gasteiger charge is 2.49. The van der Waals surface area contributed by atoms with Gasteiger partial charge in [-0.1, -0.05) is 43.2 Å². The Bertz CT molecular complexity index is 1660. The average Bonchev–Trinajstić information content (AvgIpc) is 2.90. The summed E-state index contributed by atoms with van der Waals surface area (Å²) in [6, 6.07) is 20.5. The molecule has 2 aliphatic rings. The van der Waals surface area contributed by atoms with Crippen LogP contribution in [0.5, 0.6) is 0 Å². The van der Waals surface area contributed by atoms with Gasteiger partial charge < -0.3 is 9.46 Å². The zero-order valence-electron chi connectivity index (χ0n) is 21.9. The predicted molar refractivity (Wildman–Crippen MR) is 156 cm³/mol. The van der Waals surface area contributed by atoms with Gasteiger partial charge in [-0.15, -0.1) is 0 Å². The van der Waals surface area contributed by atoms with Crippen LogP contribution in [0.2, 0.25) is 0 Å². The molecule has 0 N–H and O–H groups in total. The molecule has 5 nitrogen and oxygen atoms in total. The van der Waals surface area contributed by atoms with Crippen LogP contribution in [-0.4, -0.2) is 29.4 Å². The lowest BCUT2D eigenvalue weighted by molar-refractivity contribution is 0.458. The summed E-state index contributed by atoms with van der Waals surface area (Å²) >= 11 is 0. The fourth-order valence-electron chi connectivity index (χ4n) is 5.88. The van der Waals surface area contributed by atoms with Crippen LogP contribution in [-0.2, 0) is 9.13 Å². The monoisotopic (exact) mass is 527 g/mol. The highest BCUT2D eigenvalue weighted by Crippen LogP contribution is 2.61. The Balaban J connectivity index is 1.81. The van der Waals surface area contributed by atoms with Crippen LogP contribution in [0, 0.1) is 13.8 Å². The van der Waals surface area contributed by atoms with Gasteiger partial charge in [0.2, 0.25) is 7.29 Å². The Kier molecular flexibility index (Phi) is 5.62. The molecule has 0 fully saturated rings. The van der Waals surface area contributed by atoms with E-state index in [4.69, 9.17) is 0 Å². The van der Waals surface area contributed by atoms with Crippen molar-refractivity contribution in [2.45, 2.75) is 27.7 Å². The minimum atomic E-state index is -3.25. The second-order valence-electron chi connectivity index (χ2n) is 10.1. The maximum absolute atomic E-state index is 15.6. The molecule has 0 aliphatic carbocycles. The van der Waals surface area contributed by atoms with E-state index in [1.165, 1.54) is 0 Å². The molecule has 2 unspecified atom stereocenters. The SMILES string of the molecule is CCN(CC)P1(=O)c2cc(C)ccc2N2c3ccc(C)cc3P(C)(=O)c3cc(-c4cccnc4)cc1c32. The molecular weight excluding hydrogens is 496 g/mol. The first-order valence-corrected chi connectivity index (χ1v) is 16.6. The molecule has 0 saturated heterocycles. The molecule has 0 amide bonds. The van der Waals surface area contributed by atoms with Gasteiger partial charge in [-0.05, 0) is 68.5 Å². The number of fused-ring (bicyclic) bond motifs is 4. The van der Waals surface area contributed by atoms with Crippen molar-refractivity contribution in [3.05, 3.63) is 84.2 Å². The molecule has 0 bridgehead atoms. The molecule has 0 saturated carbocycles. The molecular formula is C30H31N3O2P2. The number of anilines is 3. The summed E-state index contributed by atoms with van der Waals surface area (Å²) in [7, 11) is -6.26. The van der Waals surface area contributed by atoms with Crippen molar-refractivity contribution in [3.8, 4) is 11.1 Å². The van der Waals surface area contributed by atoms with E-state index in [9.17, 15) is 4.57 Å². The summed E-state index contributed by atoms with van der Waals surface area (Å²) in [6.45, 7) is 11.4. The smallest absolute Gasteiger partial charge is 0.211 e. The number of aromatic nitrogens is 1. The Labute approximate surface area is 219 Å². The van der Waals surface area contributed by atoms with Crippen molar-refractivity contribution >= 4 is 52.7 Å². The molecule has 2 atom stereocenters. The van der Waals surface area contributed by atoms with E-state index in [1.807, 2.05) is 44.9 Å². The average molecular weight is 528 g/mol. The molecule has 3 heterocycles. The zero-order valence-corrected chi connectivity index (χ0v) is 23.7. The molecule has 4 aromatic rings. The van der Waals surface area contributed by atoms with Gasteiger partial charge in [0.05, 0.1) is 27.7 Å². The maximum atomic E-state index is 15.6. The van der Waals surface area contributed by atoms with Crippen molar-refractivity contribution in [2.24, 2.45) is 0 Å². The number of hydrogen-bond donors (Lipinski definition) is 0. The number of nitrogens with zero attached hydrogens (tertiary/aromatic N) is 3. The minimum Gasteiger partial charge on any atom is -0.314 e. The van der Waals surface area contributed by atoms with Gasteiger partial charge in [0.1, 0.15) is 7.14 Å². The van der Waals surface area contributed by atoms with Gasteiger partial charge in [-0.3, -0.25) is 9.55 Å². The van der Waals surface area contributed by atoms with Gasteiger partial charge >= 0.3 is 0 Å². The number of aryl methyl sites for hydroxylation is 2. The van der Waals surface area contributed by atoms with Gasteiger partial charge in [0.25, 0.3) is 0 Å². The van der Waals surface area contributed by atoms with E-state index < -0.39 is 14.4 Å². The van der Waals surface area contributed by atoms with Crippen molar-refractivity contribution < 1.29 is 9.13 Å². The highest BCUT2D eigenvalue weighted by atomic mass is 31.2. The maximum Gasteiger partial charge on any atom is 0.211 e. The summed E-state index contributed by atoms with van der Waals surface area (Å²) in [5, 5.41) is 3.22. The lowest BCUT2D eigenvalue weighted by atomic mass is 10.1. The number of pyridine rings is 1. The first kappa shape index (κ1) is 24.4. The molecule has 2 aliphatic heterocycles. The van der Waals surface area contributed by atoms with Crippen LogP contribution in [0.1, 0.15) is 25.0 Å². The quantitative estimate of drug-likeness (QED) is 0.306. The van der Waals surface area contributed by atoms with Crippen molar-refractivity contribution in [1.82, 2.24) is 9.65 Å². The summed E-state index contributed by atoms with van der Waals surface area (Å²) in [5.74, 6) is 0. The Morgan fingerprint density at radius 1 is 0.784 bits per heavy atom. The molecule has 188 valence electrons. The van der Waals surface area contributed by atoms with E-state index >= 15 is 4.57 Å². The molecule has 7 heteroatoms.